The van der Waals surface area contributed by atoms with E-state index in [1.165, 1.54) is 23.4 Å². The molecule has 0 spiro atoms. The largest absolute Gasteiger partial charge is 0.312 e. The second kappa shape index (κ2) is 6.20. The molecule has 0 bridgehead atoms. The van der Waals surface area contributed by atoms with Crippen LogP contribution in [0.1, 0.15) is 57.1 Å². The van der Waals surface area contributed by atoms with Gasteiger partial charge in [-0.05, 0) is 52.6 Å². The summed E-state index contributed by atoms with van der Waals surface area (Å²) in [4.78, 5) is 0. The minimum absolute atomic E-state index is 0.403. The summed E-state index contributed by atoms with van der Waals surface area (Å²) < 4.78 is 2.18. The molecule has 0 aromatic carbocycles. The average molecular weight is 237 g/mol. The summed E-state index contributed by atoms with van der Waals surface area (Å²) >= 11 is 0. The third-order valence-corrected chi connectivity index (χ3v) is 3.65. The van der Waals surface area contributed by atoms with Crippen LogP contribution in [0, 0.1) is 13.8 Å². The van der Waals surface area contributed by atoms with Crippen LogP contribution in [-0.4, -0.2) is 22.4 Å². The van der Waals surface area contributed by atoms with Gasteiger partial charge in [0.05, 0.1) is 11.7 Å². The quantitative estimate of drug-likeness (QED) is 0.824. The number of nitrogens with one attached hydrogen (secondary N) is 1. The van der Waals surface area contributed by atoms with Crippen molar-refractivity contribution in [3.63, 3.8) is 0 Å². The van der Waals surface area contributed by atoms with Gasteiger partial charge < -0.3 is 5.32 Å². The van der Waals surface area contributed by atoms with Crippen LogP contribution < -0.4 is 5.32 Å². The minimum Gasteiger partial charge on any atom is -0.312 e. The first-order chi connectivity index (χ1) is 8.02. The van der Waals surface area contributed by atoms with Gasteiger partial charge in [0.15, 0.2) is 0 Å². The Kier molecular flexibility index (Phi) is 5.19. The molecule has 0 aliphatic rings. The summed E-state index contributed by atoms with van der Waals surface area (Å²) in [6, 6.07) is 0.859. The molecule has 17 heavy (non-hydrogen) atoms. The average Bonchev–Trinajstić information content (AvgIpc) is 2.60. The highest BCUT2D eigenvalue weighted by atomic mass is 15.3. The van der Waals surface area contributed by atoms with E-state index in [0.29, 0.717) is 12.1 Å². The molecule has 0 saturated heterocycles. The highest BCUT2D eigenvalue weighted by molar-refractivity contribution is 5.24. The summed E-state index contributed by atoms with van der Waals surface area (Å²) in [7, 11) is 0. The molecule has 0 radical (unpaired) electrons. The smallest absolute Gasteiger partial charge is 0.0644 e. The van der Waals surface area contributed by atoms with Crippen molar-refractivity contribution in [3.8, 4) is 0 Å². The Bertz CT molecular complexity index is 355. The summed E-state index contributed by atoms with van der Waals surface area (Å²) in [6.07, 6.45) is 2.25. The number of aryl methyl sites for hydroxylation is 1. The monoisotopic (exact) mass is 237 g/mol. The van der Waals surface area contributed by atoms with E-state index < -0.39 is 0 Å². The van der Waals surface area contributed by atoms with Crippen molar-refractivity contribution in [3.05, 3.63) is 17.0 Å². The topological polar surface area (TPSA) is 29.9 Å². The predicted molar refractivity (Wildman–Crippen MR) is 73.5 cm³/mol. The second-order valence-corrected chi connectivity index (χ2v) is 4.93. The molecular weight excluding hydrogens is 210 g/mol. The lowest BCUT2D eigenvalue weighted by atomic mass is 10.1. The third kappa shape index (κ3) is 3.09. The fraction of sp³-hybridized carbons (Fsp3) is 0.786. The molecule has 1 heterocycles. The van der Waals surface area contributed by atoms with Gasteiger partial charge in [-0.15, -0.1) is 0 Å². The molecule has 0 saturated carbocycles. The Morgan fingerprint density at radius 1 is 1.24 bits per heavy atom. The minimum atomic E-state index is 0.403. The zero-order valence-electron chi connectivity index (χ0n) is 12.2. The first kappa shape index (κ1) is 14.2. The van der Waals surface area contributed by atoms with Crippen molar-refractivity contribution < 1.29 is 0 Å². The summed E-state index contributed by atoms with van der Waals surface area (Å²) in [6.45, 7) is 14.2. The van der Waals surface area contributed by atoms with Gasteiger partial charge in [0.1, 0.15) is 0 Å². The lowest BCUT2D eigenvalue weighted by Gasteiger charge is -2.23. The van der Waals surface area contributed by atoms with E-state index in [4.69, 9.17) is 0 Å². The molecule has 2 unspecified atom stereocenters. The Morgan fingerprint density at radius 2 is 1.88 bits per heavy atom. The zero-order chi connectivity index (χ0) is 13.0. The normalized spacial score (nSPS) is 14.9. The Morgan fingerprint density at radius 3 is 2.35 bits per heavy atom. The maximum absolute atomic E-state index is 4.69. The zero-order valence-corrected chi connectivity index (χ0v) is 12.2. The fourth-order valence-corrected chi connectivity index (χ4v) is 2.36. The number of hydrogen-bond acceptors (Lipinski definition) is 2. The first-order valence-corrected chi connectivity index (χ1v) is 6.80. The standard InChI is InChI=1S/C14H27N3/c1-7-9-15-10(3)12(5)17-13(6)14(8-2)11(4)16-17/h10,12,15H,7-9H2,1-6H3. The summed E-state index contributed by atoms with van der Waals surface area (Å²) in [5, 5.41) is 8.23. The van der Waals surface area contributed by atoms with E-state index >= 15 is 0 Å². The summed E-state index contributed by atoms with van der Waals surface area (Å²) in [5.74, 6) is 0. The van der Waals surface area contributed by atoms with Gasteiger partial charge in [-0.3, -0.25) is 4.68 Å². The van der Waals surface area contributed by atoms with Crippen LogP contribution in [0.5, 0.6) is 0 Å². The molecule has 0 amide bonds. The van der Waals surface area contributed by atoms with Crippen molar-refractivity contribution in [2.45, 2.75) is 66.5 Å². The Labute approximate surface area is 106 Å². The van der Waals surface area contributed by atoms with Crippen LogP contribution in [-0.2, 0) is 6.42 Å². The molecule has 2 atom stereocenters. The van der Waals surface area contributed by atoms with Gasteiger partial charge >= 0.3 is 0 Å². The summed E-state index contributed by atoms with van der Waals surface area (Å²) in [5.41, 5.74) is 3.90. The van der Waals surface area contributed by atoms with E-state index in [9.17, 15) is 0 Å². The molecule has 0 aliphatic carbocycles. The van der Waals surface area contributed by atoms with Gasteiger partial charge in [-0.25, -0.2) is 0 Å². The van der Waals surface area contributed by atoms with Gasteiger partial charge in [0.2, 0.25) is 0 Å². The van der Waals surface area contributed by atoms with E-state index in [-0.39, 0.29) is 0 Å². The van der Waals surface area contributed by atoms with Crippen molar-refractivity contribution in [2.24, 2.45) is 0 Å². The maximum atomic E-state index is 4.69. The van der Waals surface area contributed by atoms with E-state index in [1.807, 2.05) is 0 Å². The molecule has 1 N–H and O–H groups in total. The number of aromatic nitrogens is 2. The van der Waals surface area contributed by atoms with Gasteiger partial charge in [-0.1, -0.05) is 13.8 Å². The van der Waals surface area contributed by atoms with Gasteiger partial charge in [-0.2, -0.15) is 5.10 Å². The van der Waals surface area contributed by atoms with Crippen molar-refractivity contribution >= 4 is 0 Å². The van der Waals surface area contributed by atoms with Crippen molar-refractivity contribution in [1.82, 2.24) is 15.1 Å². The van der Waals surface area contributed by atoms with Crippen LogP contribution in [0.3, 0.4) is 0 Å². The number of nitrogens with zero attached hydrogens (tertiary/aromatic N) is 2. The molecule has 0 fully saturated rings. The SMILES string of the molecule is CCCNC(C)C(C)n1nc(C)c(CC)c1C. The van der Waals surface area contributed by atoms with Crippen LogP contribution in [0.4, 0.5) is 0 Å². The lowest BCUT2D eigenvalue weighted by Crippen LogP contribution is -2.35. The predicted octanol–water partition coefficient (Wildman–Crippen LogP) is 3.01. The highest BCUT2D eigenvalue weighted by Gasteiger charge is 2.18. The van der Waals surface area contributed by atoms with E-state index in [0.717, 1.165) is 13.0 Å². The van der Waals surface area contributed by atoms with Crippen LogP contribution in [0.25, 0.3) is 0 Å². The van der Waals surface area contributed by atoms with E-state index in [1.54, 1.807) is 0 Å². The Hall–Kier alpha value is -0.830. The number of rotatable bonds is 6. The molecule has 1 aromatic rings. The van der Waals surface area contributed by atoms with Crippen LogP contribution in [0.2, 0.25) is 0 Å². The van der Waals surface area contributed by atoms with Gasteiger partial charge in [0.25, 0.3) is 0 Å². The van der Waals surface area contributed by atoms with Crippen molar-refractivity contribution in [2.75, 3.05) is 6.54 Å². The maximum Gasteiger partial charge on any atom is 0.0644 e. The molecule has 3 nitrogen and oxygen atoms in total. The van der Waals surface area contributed by atoms with Crippen LogP contribution >= 0.6 is 0 Å². The first-order valence-electron chi connectivity index (χ1n) is 6.80. The van der Waals surface area contributed by atoms with Crippen molar-refractivity contribution in [1.29, 1.82) is 0 Å². The molecular formula is C14H27N3. The molecule has 98 valence electrons. The second-order valence-electron chi connectivity index (χ2n) is 4.93. The Balaban J connectivity index is 2.85. The molecule has 1 rings (SSSR count). The molecule has 0 aliphatic heterocycles. The highest BCUT2D eigenvalue weighted by Crippen LogP contribution is 2.19. The van der Waals surface area contributed by atoms with E-state index in [2.05, 4.69) is 56.6 Å². The fourth-order valence-electron chi connectivity index (χ4n) is 2.36. The number of hydrogen-bond donors (Lipinski definition) is 1. The molecule has 3 heteroatoms. The molecule has 1 aromatic heterocycles. The van der Waals surface area contributed by atoms with Gasteiger partial charge in [0, 0.05) is 11.7 Å². The third-order valence-electron chi connectivity index (χ3n) is 3.65. The lowest BCUT2D eigenvalue weighted by molar-refractivity contribution is 0.360. The van der Waals surface area contributed by atoms with Crippen LogP contribution in [0.15, 0.2) is 0 Å².